The second-order valence-electron chi connectivity index (χ2n) is 9.47. The molecule has 7 heteroatoms. The van der Waals surface area contributed by atoms with Crippen LogP contribution in [0.1, 0.15) is 42.7 Å². The molecule has 0 spiro atoms. The van der Waals surface area contributed by atoms with Gasteiger partial charge in [0.15, 0.2) is 17.3 Å². The van der Waals surface area contributed by atoms with Crippen LogP contribution in [0.4, 0.5) is 10.1 Å². The maximum Gasteiger partial charge on any atom is 0.254 e. The predicted octanol–water partition coefficient (Wildman–Crippen LogP) is 5.84. The first-order valence-electron chi connectivity index (χ1n) is 12.5. The highest BCUT2D eigenvalue weighted by atomic mass is 19.1. The number of nitrogens with one attached hydrogen (secondary N) is 2. The summed E-state index contributed by atoms with van der Waals surface area (Å²) in [5, 5.41) is 6.26. The molecular weight excluding hydrogens is 483 g/mol. The van der Waals surface area contributed by atoms with Gasteiger partial charge in [0.25, 0.3) is 5.91 Å². The summed E-state index contributed by atoms with van der Waals surface area (Å²) in [7, 11) is 3.09. The number of para-hydroxylation sites is 1. The Hall–Kier alpha value is -4.39. The van der Waals surface area contributed by atoms with E-state index in [1.807, 2.05) is 49.4 Å². The van der Waals surface area contributed by atoms with E-state index in [9.17, 15) is 14.0 Å². The molecule has 194 valence electrons. The molecule has 0 saturated heterocycles. The van der Waals surface area contributed by atoms with Gasteiger partial charge < -0.3 is 20.1 Å². The lowest BCUT2D eigenvalue weighted by molar-refractivity contribution is -0.116. The highest BCUT2D eigenvalue weighted by Crippen LogP contribution is 2.49. The molecular formula is C31H29FN2O4. The Kier molecular flexibility index (Phi) is 7.01. The van der Waals surface area contributed by atoms with Crippen LogP contribution >= 0.6 is 0 Å². The molecule has 1 heterocycles. The smallest absolute Gasteiger partial charge is 0.254 e. The molecule has 0 radical (unpaired) electrons. The van der Waals surface area contributed by atoms with E-state index in [1.54, 1.807) is 20.3 Å². The molecule has 0 fully saturated rings. The van der Waals surface area contributed by atoms with Crippen molar-refractivity contribution < 1.29 is 23.5 Å². The van der Waals surface area contributed by atoms with Crippen LogP contribution in [0.2, 0.25) is 0 Å². The van der Waals surface area contributed by atoms with Crippen LogP contribution in [0.5, 0.6) is 11.5 Å². The van der Waals surface area contributed by atoms with Crippen molar-refractivity contribution in [2.45, 2.75) is 31.6 Å². The van der Waals surface area contributed by atoms with E-state index >= 15 is 0 Å². The standard InChI is InChI=1S/C31H29FN2O4/c1-18-27(31(36)34-22-14-12-21(32)13-15-22)28(23-10-7-11-26(37-2)30(23)38-3)29-24(33-18)16-20(17-25(29)35)19-8-5-4-6-9-19/h4-15,20,28,33H,16-17H2,1-3H3,(H,34,36)/t20-,28+/m1/s1. The number of halogens is 1. The normalized spacial score (nSPS) is 19.0. The number of Topliss-reactive ketones (excluding diaryl/α,β-unsaturated/α-hetero) is 1. The van der Waals surface area contributed by atoms with E-state index in [1.165, 1.54) is 24.3 Å². The number of hydrogen-bond acceptors (Lipinski definition) is 5. The maximum atomic E-state index is 13.9. The second kappa shape index (κ2) is 10.5. The van der Waals surface area contributed by atoms with E-state index in [0.29, 0.717) is 52.4 Å². The van der Waals surface area contributed by atoms with Crippen molar-refractivity contribution in [3.63, 3.8) is 0 Å². The topological polar surface area (TPSA) is 76.7 Å². The van der Waals surface area contributed by atoms with E-state index in [4.69, 9.17) is 9.47 Å². The van der Waals surface area contributed by atoms with Crippen molar-refractivity contribution >= 4 is 17.4 Å². The number of benzene rings is 3. The number of hydrogen-bond donors (Lipinski definition) is 2. The fourth-order valence-corrected chi connectivity index (χ4v) is 5.48. The summed E-state index contributed by atoms with van der Waals surface area (Å²) in [4.78, 5) is 27.6. The quantitative estimate of drug-likeness (QED) is 0.434. The zero-order valence-corrected chi connectivity index (χ0v) is 21.5. The number of dihydropyridines is 1. The molecule has 0 saturated carbocycles. The largest absolute Gasteiger partial charge is 0.493 e. The molecule has 1 amide bonds. The minimum atomic E-state index is -0.680. The summed E-state index contributed by atoms with van der Waals surface area (Å²) in [5.74, 6) is -0.486. The monoisotopic (exact) mass is 512 g/mol. The van der Waals surface area contributed by atoms with Crippen LogP contribution in [0.3, 0.4) is 0 Å². The lowest BCUT2D eigenvalue weighted by Gasteiger charge is -2.37. The first kappa shape index (κ1) is 25.3. The molecule has 2 N–H and O–H groups in total. The fourth-order valence-electron chi connectivity index (χ4n) is 5.48. The van der Waals surface area contributed by atoms with Crippen molar-refractivity contribution in [2.24, 2.45) is 0 Å². The summed E-state index contributed by atoms with van der Waals surface area (Å²) in [6.45, 7) is 1.83. The number of rotatable bonds is 6. The van der Waals surface area contributed by atoms with Gasteiger partial charge >= 0.3 is 0 Å². The number of amides is 1. The average Bonchev–Trinajstić information content (AvgIpc) is 2.93. The van der Waals surface area contributed by atoms with E-state index in [-0.39, 0.29) is 17.6 Å². The van der Waals surface area contributed by atoms with Crippen molar-refractivity contribution in [1.29, 1.82) is 0 Å². The molecule has 0 bridgehead atoms. The third-order valence-corrected chi connectivity index (χ3v) is 7.19. The molecule has 1 aliphatic heterocycles. The zero-order chi connectivity index (χ0) is 26.8. The van der Waals surface area contributed by atoms with Gasteiger partial charge in [-0.3, -0.25) is 9.59 Å². The Balaban J connectivity index is 1.62. The number of ketones is 1. The summed E-state index contributed by atoms with van der Waals surface area (Å²) < 4.78 is 24.7. The second-order valence-corrected chi connectivity index (χ2v) is 9.47. The van der Waals surface area contributed by atoms with Gasteiger partial charge in [-0.1, -0.05) is 42.5 Å². The molecule has 6 nitrogen and oxygen atoms in total. The third kappa shape index (κ3) is 4.67. The summed E-state index contributed by atoms with van der Waals surface area (Å²) >= 11 is 0. The van der Waals surface area contributed by atoms with Gasteiger partial charge in [0.1, 0.15) is 5.82 Å². The zero-order valence-electron chi connectivity index (χ0n) is 21.5. The lowest BCUT2D eigenvalue weighted by Crippen LogP contribution is -2.37. The average molecular weight is 513 g/mol. The molecule has 0 aromatic heterocycles. The van der Waals surface area contributed by atoms with Gasteiger partial charge in [-0.15, -0.1) is 0 Å². The number of ether oxygens (including phenoxy) is 2. The van der Waals surface area contributed by atoms with Gasteiger partial charge in [0.05, 0.1) is 20.1 Å². The number of carbonyl (C=O) groups excluding carboxylic acids is 2. The Labute approximate surface area is 221 Å². The Bertz CT molecular complexity index is 1440. The predicted molar refractivity (Wildman–Crippen MR) is 144 cm³/mol. The molecule has 2 aliphatic rings. The molecule has 1 aliphatic carbocycles. The van der Waals surface area contributed by atoms with Crippen LogP contribution < -0.4 is 20.1 Å². The van der Waals surface area contributed by atoms with Crippen molar-refractivity contribution in [1.82, 2.24) is 5.32 Å². The van der Waals surface area contributed by atoms with Crippen molar-refractivity contribution in [3.8, 4) is 11.5 Å². The van der Waals surface area contributed by atoms with E-state index in [0.717, 1.165) is 11.3 Å². The maximum absolute atomic E-state index is 13.9. The number of carbonyl (C=O) groups is 2. The molecule has 3 aromatic rings. The third-order valence-electron chi connectivity index (χ3n) is 7.19. The van der Waals surface area contributed by atoms with Gasteiger partial charge in [0.2, 0.25) is 0 Å². The number of allylic oxidation sites excluding steroid dienone is 3. The van der Waals surface area contributed by atoms with Crippen molar-refractivity contribution in [2.75, 3.05) is 19.5 Å². The van der Waals surface area contributed by atoms with Gasteiger partial charge in [-0.25, -0.2) is 4.39 Å². The Morgan fingerprint density at radius 3 is 2.37 bits per heavy atom. The fraction of sp³-hybridized carbons (Fsp3) is 0.226. The summed E-state index contributed by atoms with van der Waals surface area (Å²) in [6, 6.07) is 21.0. The highest BCUT2D eigenvalue weighted by molar-refractivity contribution is 6.10. The van der Waals surface area contributed by atoms with Crippen LogP contribution in [0.15, 0.2) is 95.3 Å². The lowest BCUT2D eigenvalue weighted by atomic mass is 9.71. The van der Waals surface area contributed by atoms with Crippen LogP contribution in [-0.2, 0) is 9.59 Å². The molecule has 0 unspecified atom stereocenters. The molecule has 2 atom stereocenters. The summed E-state index contributed by atoms with van der Waals surface area (Å²) in [6.07, 6.45) is 0.970. The number of anilines is 1. The minimum Gasteiger partial charge on any atom is -0.493 e. The highest BCUT2D eigenvalue weighted by Gasteiger charge is 2.42. The Morgan fingerprint density at radius 2 is 1.68 bits per heavy atom. The van der Waals surface area contributed by atoms with E-state index in [2.05, 4.69) is 10.6 Å². The van der Waals surface area contributed by atoms with Gasteiger partial charge in [0, 0.05) is 40.2 Å². The van der Waals surface area contributed by atoms with Crippen LogP contribution in [0.25, 0.3) is 0 Å². The van der Waals surface area contributed by atoms with Gasteiger partial charge in [-0.2, -0.15) is 0 Å². The van der Waals surface area contributed by atoms with E-state index < -0.39 is 11.7 Å². The first-order chi connectivity index (χ1) is 18.4. The molecule has 5 rings (SSSR count). The van der Waals surface area contributed by atoms with Crippen LogP contribution in [-0.4, -0.2) is 25.9 Å². The first-order valence-corrected chi connectivity index (χ1v) is 12.5. The van der Waals surface area contributed by atoms with Gasteiger partial charge in [-0.05, 0) is 55.2 Å². The molecule has 3 aromatic carbocycles. The number of methoxy groups -OCH3 is 2. The summed E-state index contributed by atoms with van der Waals surface area (Å²) in [5.41, 5.74) is 4.61. The Morgan fingerprint density at radius 1 is 0.947 bits per heavy atom. The minimum absolute atomic E-state index is 0.0259. The SMILES string of the molecule is COc1cccc([C@H]2C(C(=O)Nc3ccc(F)cc3)=C(C)NC3=C2C(=O)C[C@H](c2ccccc2)C3)c1OC. The van der Waals surface area contributed by atoms with Crippen molar-refractivity contribution in [3.05, 3.63) is 112 Å². The van der Waals surface area contributed by atoms with Crippen LogP contribution in [0, 0.1) is 5.82 Å². The molecule has 38 heavy (non-hydrogen) atoms.